The Kier molecular flexibility index (Phi) is 1.81. The van der Waals surface area contributed by atoms with Gasteiger partial charge in [0.2, 0.25) is 6.79 Å². The predicted octanol–water partition coefficient (Wildman–Crippen LogP) is 2.29. The van der Waals surface area contributed by atoms with Crippen LogP contribution in [0.4, 0.5) is 4.39 Å². The van der Waals surface area contributed by atoms with Gasteiger partial charge in [0.1, 0.15) is 5.82 Å². The highest BCUT2D eigenvalue weighted by Gasteiger charge is 2.18. The minimum Gasteiger partial charge on any atom is -0.453 e. The van der Waals surface area contributed by atoms with E-state index in [0.717, 1.165) is 0 Å². The predicted molar refractivity (Wildman–Crippen MR) is 42.1 cm³/mol. The molecular weight excluding hydrogens is 183 g/mol. The SMILES string of the molecule is Fc1cc(CCl)c2c(c1)OCO2. The van der Waals surface area contributed by atoms with Crippen LogP contribution in [-0.2, 0) is 5.88 Å². The maximum atomic E-state index is 12.8. The summed E-state index contributed by atoms with van der Waals surface area (Å²) in [5.74, 6) is 0.871. The van der Waals surface area contributed by atoms with Gasteiger partial charge in [-0.2, -0.15) is 0 Å². The molecule has 0 saturated heterocycles. The zero-order valence-electron chi connectivity index (χ0n) is 6.14. The average molecular weight is 189 g/mol. The highest BCUT2D eigenvalue weighted by Crippen LogP contribution is 2.37. The topological polar surface area (TPSA) is 18.5 Å². The van der Waals surface area contributed by atoms with Crippen LogP contribution >= 0.6 is 11.6 Å². The third-order valence-corrected chi connectivity index (χ3v) is 1.95. The van der Waals surface area contributed by atoms with E-state index in [0.29, 0.717) is 17.1 Å². The summed E-state index contributed by atoms with van der Waals surface area (Å²) in [4.78, 5) is 0. The number of ether oxygens (including phenoxy) is 2. The molecule has 0 spiro atoms. The Balaban J connectivity index is 2.55. The molecule has 0 fully saturated rings. The van der Waals surface area contributed by atoms with E-state index in [2.05, 4.69) is 0 Å². The van der Waals surface area contributed by atoms with Crippen molar-refractivity contribution >= 4 is 11.6 Å². The molecule has 1 aliphatic rings. The second-order valence-corrected chi connectivity index (χ2v) is 2.70. The molecule has 0 unspecified atom stereocenters. The van der Waals surface area contributed by atoms with Gasteiger partial charge in [-0.1, -0.05) is 0 Å². The monoisotopic (exact) mass is 188 g/mol. The third-order valence-electron chi connectivity index (χ3n) is 1.66. The van der Waals surface area contributed by atoms with Crippen LogP contribution < -0.4 is 9.47 Å². The molecule has 0 N–H and O–H groups in total. The lowest BCUT2D eigenvalue weighted by atomic mass is 10.2. The first kappa shape index (κ1) is 7.68. The van der Waals surface area contributed by atoms with E-state index in [9.17, 15) is 4.39 Å². The van der Waals surface area contributed by atoms with Gasteiger partial charge in [0, 0.05) is 11.6 Å². The normalized spacial score (nSPS) is 13.5. The fourth-order valence-electron chi connectivity index (χ4n) is 1.14. The summed E-state index contributed by atoms with van der Waals surface area (Å²) >= 11 is 5.58. The minimum atomic E-state index is -0.352. The molecule has 1 aromatic carbocycles. The maximum absolute atomic E-state index is 12.8. The van der Waals surface area contributed by atoms with E-state index < -0.39 is 0 Å². The summed E-state index contributed by atoms with van der Waals surface area (Å²) in [6, 6.07) is 2.64. The lowest BCUT2D eigenvalue weighted by Crippen LogP contribution is -1.93. The van der Waals surface area contributed by atoms with Crippen LogP contribution in [0.15, 0.2) is 12.1 Å². The molecule has 2 nitrogen and oxygen atoms in total. The number of halogens is 2. The van der Waals surface area contributed by atoms with E-state index in [1.807, 2.05) is 0 Å². The fraction of sp³-hybridized carbons (Fsp3) is 0.250. The molecule has 0 atom stereocenters. The van der Waals surface area contributed by atoms with Crippen LogP contribution in [0.5, 0.6) is 11.5 Å². The molecule has 4 heteroatoms. The molecule has 0 saturated carbocycles. The molecule has 1 aromatic rings. The second-order valence-electron chi connectivity index (χ2n) is 2.43. The van der Waals surface area contributed by atoms with Gasteiger partial charge in [0.05, 0.1) is 5.88 Å². The number of benzene rings is 1. The second kappa shape index (κ2) is 2.83. The Morgan fingerprint density at radius 2 is 2.25 bits per heavy atom. The van der Waals surface area contributed by atoms with Gasteiger partial charge in [0.15, 0.2) is 11.5 Å². The zero-order chi connectivity index (χ0) is 8.55. The Bertz CT molecular complexity index is 314. The summed E-state index contributed by atoms with van der Waals surface area (Å²) < 4.78 is 22.9. The summed E-state index contributed by atoms with van der Waals surface area (Å²) in [6.07, 6.45) is 0. The van der Waals surface area contributed by atoms with Crippen molar-refractivity contribution in [2.45, 2.75) is 5.88 Å². The van der Waals surface area contributed by atoms with Crippen LogP contribution in [0.25, 0.3) is 0 Å². The Labute approximate surface area is 73.9 Å². The molecule has 64 valence electrons. The molecule has 2 rings (SSSR count). The van der Waals surface area contributed by atoms with Gasteiger partial charge in [-0.3, -0.25) is 0 Å². The molecular formula is C8H6ClFO2. The lowest BCUT2D eigenvalue weighted by Gasteiger charge is -2.01. The van der Waals surface area contributed by atoms with Crippen molar-refractivity contribution in [3.63, 3.8) is 0 Å². The van der Waals surface area contributed by atoms with E-state index in [4.69, 9.17) is 21.1 Å². The molecule has 0 radical (unpaired) electrons. The first-order valence-electron chi connectivity index (χ1n) is 3.45. The summed E-state index contributed by atoms with van der Waals surface area (Å²) in [6.45, 7) is 0.142. The lowest BCUT2D eigenvalue weighted by molar-refractivity contribution is 0.173. The number of hydrogen-bond donors (Lipinski definition) is 0. The van der Waals surface area contributed by atoms with Crippen LogP contribution in [0, 0.1) is 5.82 Å². The van der Waals surface area contributed by atoms with Crippen molar-refractivity contribution in [2.75, 3.05) is 6.79 Å². The van der Waals surface area contributed by atoms with Gasteiger partial charge in [-0.05, 0) is 6.07 Å². The van der Waals surface area contributed by atoms with Crippen molar-refractivity contribution in [3.05, 3.63) is 23.5 Å². The van der Waals surface area contributed by atoms with Gasteiger partial charge < -0.3 is 9.47 Å². The molecule has 0 aromatic heterocycles. The van der Waals surface area contributed by atoms with Gasteiger partial charge in [-0.25, -0.2) is 4.39 Å². The first-order valence-corrected chi connectivity index (χ1v) is 3.98. The van der Waals surface area contributed by atoms with E-state index >= 15 is 0 Å². The summed E-state index contributed by atoms with van der Waals surface area (Å²) in [5, 5.41) is 0. The van der Waals surface area contributed by atoms with Gasteiger partial charge >= 0.3 is 0 Å². The van der Waals surface area contributed by atoms with E-state index in [1.165, 1.54) is 12.1 Å². The number of rotatable bonds is 1. The van der Waals surface area contributed by atoms with Gasteiger partial charge in [0.25, 0.3) is 0 Å². The standard InChI is InChI=1S/C8H6ClFO2/c9-3-5-1-6(10)2-7-8(5)12-4-11-7/h1-2H,3-4H2. The third kappa shape index (κ3) is 1.10. The molecule has 0 aliphatic carbocycles. The summed E-state index contributed by atoms with van der Waals surface area (Å²) in [5.41, 5.74) is 0.629. The fourth-order valence-corrected chi connectivity index (χ4v) is 1.34. The molecule has 1 aliphatic heterocycles. The Morgan fingerprint density at radius 3 is 3.00 bits per heavy atom. The largest absolute Gasteiger partial charge is 0.453 e. The van der Waals surface area contributed by atoms with Crippen molar-refractivity contribution in [3.8, 4) is 11.5 Å². The maximum Gasteiger partial charge on any atom is 0.231 e. The zero-order valence-corrected chi connectivity index (χ0v) is 6.90. The molecule has 1 heterocycles. The average Bonchev–Trinajstić information content (AvgIpc) is 2.50. The molecule has 0 amide bonds. The van der Waals surface area contributed by atoms with Crippen LogP contribution in [0.1, 0.15) is 5.56 Å². The van der Waals surface area contributed by atoms with Crippen LogP contribution in [0.2, 0.25) is 0 Å². The number of hydrogen-bond acceptors (Lipinski definition) is 2. The van der Waals surface area contributed by atoms with E-state index in [1.54, 1.807) is 0 Å². The highest BCUT2D eigenvalue weighted by atomic mass is 35.5. The van der Waals surface area contributed by atoms with Crippen molar-refractivity contribution in [2.24, 2.45) is 0 Å². The van der Waals surface area contributed by atoms with Crippen LogP contribution in [-0.4, -0.2) is 6.79 Å². The first-order chi connectivity index (χ1) is 5.81. The van der Waals surface area contributed by atoms with Crippen molar-refractivity contribution < 1.29 is 13.9 Å². The van der Waals surface area contributed by atoms with Crippen molar-refractivity contribution in [1.82, 2.24) is 0 Å². The molecule has 0 bridgehead atoms. The quantitative estimate of drug-likeness (QED) is 0.630. The smallest absolute Gasteiger partial charge is 0.231 e. The summed E-state index contributed by atoms with van der Waals surface area (Å²) in [7, 11) is 0. The van der Waals surface area contributed by atoms with Gasteiger partial charge in [-0.15, -0.1) is 11.6 Å². The minimum absolute atomic E-state index is 0.142. The Hall–Kier alpha value is -0.960. The molecule has 12 heavy (non-hydrogen) atoms. The number of fused-ring (bicyclic) bond motifs is 1. The highest BCUT2D eigenvalue weighted by molar-refractivity contribution is 6.17. The number of alkyl halides is 1. The van der Waals surface area contributed by atoms with Crippen LogP contribution in [0.3, 0.4) is 0 Å². The van der Waals surface area contributed by atoms with E-state index in [-0.39, 0.29) is 18.5 Å². The Morgan fingerprint density at radius 1 is 1.42 bits per heavy atom. The van der Waals surface area contributed by atoms with Crippen molar-refractivity contribution in [1.29, 1.82) is 0 Å².